The maximum atomic E-state index is 12.2. The summed E-state index contributed by atoms with van der Waals surface area (Å²) in [7, 11) is -1.27. The van der Waals surface area contributed by atoms with Gasteiger partial charge < -0.3 is 10.1 Å². The molecule has 0 saturated carbocycles. The van der Waals surface area contributed by atoms with E-state index in [1.807, 2.05) is 12.1 Å². The normalized spacial score (nSPS) is 11.6. The van der Waals surface area contributed by atoms with E-state index in [4.69, 9.17) is 4.74 Å². The number of amides is 1. The van der Waals surface area contributed by atoms with Crippen LogP contribution in [0.3, 0.4) is 0 Å². The average Bonchev–Trinajstić information content (AvgIpc) is 2.66. The Morgan fingerprint density at radius 3 is 2.36 bits per heavy atom. The van der Waals surface area contributed by atoms with E-state index in [0.29, 0.717) is 16.3 Å². The number of ether oxygens (including phenoxy) is 1. The Hall–Kier alpha value is -2.47. The van der Waals surface area contributed by atoms with Gasteiger partial charge in [-0.25, -0.2) is 4.79 Å². The monoisotopic (exact) mass is 359 g/mol. The molecule has 0 radical (unpaired) electrons. The number of nitrogens with one attached hydrogen (secondary N) is 1. The van der Waals surface area contributed by atoms with E-state index in [0.717, 1.165) is 6.42 Å². The molecule has 0 aromatic heterocycles. The van der Waals surface area contributed by atoms with Gasteiger partial charge >= 0.3 is 5.97 Å². The molecule has 0 saturated heterocycles. The van der Waals surface area contributed by atoms with Crippen molar-refractivity contribution in [3.05, 3.63) is 59.7 Å². The Kier molecular flexibility index (Phi) is 6.89. The lowest BCUT2D eigenvalue weighted by atomic mass is 10.1. The highest BCUT2D eigenvalue weighted by Gasteiger charge is 2.17. The van der Waals surface area contributed by atoms with Gasteiger partial charge in [0.2, 0.25) is 0 Å². The van der Waals surface area contributed by atoms with Gasteiger partial charge in [0.05, 0.1) is 21.3 Å². The molecule has 1 N–H and O–H groups in total. The Morgan fingerprint density at radius 1 is 1.04 bits per heavy atom. The molecule has 0 spiro atoms. The number of hydrogen-bond donors (Lipinski definition) is 1. The van der Waals surface area contributed by atoms with Crippen molar-refractivity contribution in [2.45, 2.75) is 25.2 Å². The molecule has 1 atom stereocenters. The van der Waals surface area contributed by atoms with Crippen molar-refractivity contribution in [2.75, 3.05) is 17.7 Å². The molecule has 1 amide bonds. The van der Waals surface area contributed by atoms with Crippen LogP contribution in [0.4, 0.5) is 5.69 Å². The molecule has 2 aromatic rings. The zero-order valence-corrected chi connectivity index (χ0v) is 15.1. The summed E-state index contributed by atoms with van der Waals surface area (Å²) in [5, 5.41) is 2.67. The molecule has 0 unspecified atom stereocenters. The third-order valence-electron chi connectivity index (χ3n) is 3.59. The Morgan fingerprint density at radius 2 is 1.72 bits per heavy atom. The van der Waals surface area contributed by atoms with Gasteiger partial charge in [-0.2, -0.15) is 0 Å². The second-order valence-corrected chi connectivity index (χ2v) is 7.01. The highest BCUT2D eigenvalue weighted by Crippen LogP contribution is 2.15. The summed E-state index contributed by atoms with van der Waals surface area (Å²) in [4.78, 5) is 24.5. The average molecular weight is 359 g/mol. The van der Waals surface area contributed by atoms with Crippen molar-refractivity contribution in [1.82, 2.24) is 0 Å². The number of aryl methyl sites for hydroxylation is 1. The van der Waals surface area contributed by atoms with E-state index >= 15 is 0 Å². The molecular formula is C19H21NO4S. The Bertz CT molecular complexity index is 771. The lowest BCUT2D eigenvalue weighted by molar-refractivity contribution is -0.119. The summed E-state index contributed by atoms with van der Waals surface area (Å²) in [6.45, 7) is 3.42. The van der Waals surface area contributed by atoms with Crippen molar-refractivity contribution in [2.24, 2.45) is 0 Å². The molecule has 0 aliphatic carbocycles. The Balaban J connectivity index is 1.95. The van der Waals surface area contributed by atoms with Gasteiger partial charge in [0.25, 0.3) is 5.91 Å². The summed E-state index contributed by atoms with van der Waals surface area (Å²) >= 11 is 0. The van der Waals surface area contributed by atoms with E-state index < -0.39 is 29.3 Å². The van der Waals surface area contributed by atoms with Crippen LogP contribution in [-0.2, 0) is 26.8 Å². The predicted molar refractivity (Wildman–Crippen MR) is 98.1 cm³/mol. The number of anilines is 1. The van der Waals surface area contributed by atoms with Gasteiger partial charge in [0, 0.05) is 11.4 Å². The van der Waals surface area contributed by atoms with Gasteiger partial charge in [0.1, 0.15) is 0 Å². The Labute approximate surface area is 149 Å². The van der Waals surface area contributed by atoms with Crippen LogP contribution in [0.5, 0.6) is 0 Å². The van der Waals surface area contributed by atoms with Crippen LogP contribution < -0.4 is 5.32 Å². The first-order valence-electron chi connectivity index (χ1n) is 8.08. The van der Waals surface area contributed by atoms with Crippen LogP contribution in [0.25, 0.3) is 0 Å². The van der Waals surface area contributed by atoms with Gasteiger partial charge in [-0.1, -0.05) is 38.1 Å². The summed E-state index contributed by atoms with van der Waals surface area (Å²) in [6, 6.07) is 14.0. The summed E-state index contributed by atoms with van der Waals surface area (Å²) in [6.07, 6.45) is 0.921. The number of carbonyl (C=O) groups excluding carboxylic acids is 2. The van der Waals surface area contributed by atoms with Crippen LogP contribution in [0.15, 0.2) is 53.4 Å². The number of benzene rings is 2. The fourth-order valence-corrected chi connectivity index (χ4v) is 3.16. The lowest BCUT2D eigenvalue weighted by Crippen LogP contribution is -2.21. The molecule has 0 aliphatic rings. The van der Waals surface area contributed by atoms with Crippen molar-refractivity contribution in [3.63, 3.8) is 0 Å². The third-order valence-corrected chi connectivity index (χ3v) is 4.97. The quantitative estimate of drug-likeness (QED) is 0.771. The molecule has 0 bridgehead atoms. The molecule has 2 aromatic carbocycles. The number of esters is 1. The zero-order chi connectivity index (χ0) is 18.2. The number of carbonyl (C=O) groups is 2. The lowest BCUT2D eigenvalue weighted by Gasteiger charge is -2.09. The van der Waals surface area contributed by atoms with Gasteiger partial charge in [0.15, 0.2) is 6.61 Å². The fourth-order valence-electron chi connectivity index (χ4n) is 2.22. The third kappa shape index (κ3) is 5.26. The molecule has 25 heavy (non-hydrogen) atoms. The minimum absolute atomic E-state index is 0.225. The van der Waals surface area contributed by atoms with Gasteiger partial charge in [-0.05, 0) is 36.2 Å². The van der Waals surface area contributed by atoms with E-state index in [2.05, 4.69) is 12.2 Å². The second-order valence-electron chi connectivity index (χ2n) is 5.31. The molecule has 0 aliphatic heterocycles. The smallest absolute Gasteiger partial charge is 0.339 e. The van der Waals surface area contributed by atoms with E-state index in [1.54, 1.807) is 43.3 Å². The maximum absolute atomic E-state index is 12.2. The molecule has 2 rings (SSSR count). The summed E-state index contributed by atoms with van der Waals surface area (Å²) < 4.78 is 17.1. The molecule has 132 valence electrons. The minimum Gasteiger partial charge on any atom is -0.452 e. The van der Waals surface area contributed by atoms with Crippen LogP contribution in [0.1, 0.15) is 29.8 Å². The molecular weight excluding hydrogens is 338 g/mol. The second kappa shape index (κ2) is 9.13. The predicted octanol–water partition coefficient (Wildman–Crippen LogP) is 3.17. The van der Waals surface area contributed by atoms with Crippen molar-refractivity contribution in [1.29, 1.82) is 0 Å². The molecule has 0 heterocycles. The van der Waals surface area contributed by atoms with Crippen molar-refractivity contribution >= 4 is 28.4 Å². The summed E-state index contributed by atoms with van der Waals surface area (Å²) in [5.41, 5.74) is 2.04. The first-order chi connectivity index (χ1) is 12.0. The number of hydrogen-bond acceptors (Lipinski definition) is 4. The summed E-state index contributed by atoms with van der Waals surface area (Å²) in [5.74, 6) is -0.681. The molecule has 6 heteroatoms. The van der Waals surface area contributed by atoms with Crippen molar-refractivity contribution < 1.29 is 18.5 Å². The SMILES string of the molecule is CCc1ccc(NC(=O)COC(=O)c2ccccc2[S@](=O)CC)cc1. The number of rotatable bonds is 7. The van der Waals surface area contributed by atoms with Crippen LogP contribution in [-0.4, -0.2) is 28.4 Å². The van der Waals surface area contributed by atoms with Crippen LogP contribution in [0.2, 0.25) is 0 Å². The zero-order valence-electron chi connectivity index (χ0n) is 14.3. The largest absolute Gasteiger partial charge is 0.452 e. The van der Waals surface area contributed by atoms with E-state index in [9.17, 15) is 13.8 Å². The molecule has 0 fully saturated rings. The fraction of sp³-hybridized carbons (Fsp3) is 0.263. The van der Waals surface area contributed by atoms with Gasteiger partial charge in [-0.3, -0.25) is 9.00 Å². The van der Waals surface area contributed by atoms with Crippen LogP contribution in [0, 0.1) is 0 Å². The highest BCUT2D eigenvalue weighted by atomic mass is 32.2. The van der Waals surface area contributed by atoms with Crippen molar-refractivity contribution in [3.8, 4) is 0 Å². The van der Waals surface area contributed by atoms with Crippen LogP contribution >= 0.6 is 0 Å². The standard InChI is InChI=1S/C19H21NO4S/c1-3-14-9-11-15(12-10-14)20-18(21)13-24-19(22)16-7-5-6-8-17(16)25(23)4-2/h5-12H,3-4,13H2,1-2H3,(H,20,21)/t25-/m1/s1. The topological polar surface area (TPSA) is 72.5 Å². The van der Waals surface area contributed by atoms with E-state index in [-0.39, 0.29) is 5.56 Å². The highest BCUT2D eigenvalue weighted by molar-refractivity contribution is 7.85. The van der Waals surface area contributed by atoms with E-state index in [1.165, 1.54) is 5.56 Å². The first-order valence-corrected chi connectivity index (χ1v) is 9.40. The first kappa shape index (κ1) is 18.9. The minimum atomic E-state index is -1.27. The molecule has 5 nitrogen and oxygen atoms in total. The maximum Gasteiger partial charge on any atom is 0.339 e. The van der Waals surface area contributed by atoms with Gasteiger partial charge in [-0.15, -0.1) is 0 Å².